The Balaban J connectivity index is 0.000000301. The summed E-state index contributed by atoms with van der Waals surface area (Å²) in [4.78, 5) is 31.9. The van der Waals surface area contributed by atoms with Crippen molar-refractivity contribution in [2.75, 3.05) is 37.7 Å². The molecular formula is C15H18N2O7. The Morgan fingerprint density at radius 2 is 1.96 bits per heavy atom. The van der Waals surface area contributed by atoms with Gasteiger partial charge in [0.25, 0.3) is 5.91 Å². The third kappa shape index (κ3) is 4.67. The monoisotopic (exact) mass is 338 g/mol. The molecule has 1 fully saturated rings. The molecule has 3 N–H and O–H groups in total. The van der Waals surface area contributed by atoms with E-state index in [2.05, 4.69) is 5.32 Å². The van der Waals surface area contributed by atoms with Crippen LogP contribution in [0.15, 0.2) is 24.3 Å². The fourth-order valence-corrected chi connectivity index (χ4v) is 2.29. The second-order valence-electron chi connectivity index (χ2n) is 5.07. The summed E-state index contributed by atoms with van der Waals surface area (Å²) in [6.07, 6.45) is 0.0499. The average molecular weight is 338 g/mol. The van der Waals surface area contributed by atoms with Crippen LogP contribution < -0.4 is 15.0 Å². The first-order valence-corrected chi connectivity index (χ1v) is 7.29. The number of anilines is 1. The first-order chi connectivity index (χ1) is 11.5. The van der Waals surface area contributed by atoms with E-state index in [1.165, 1.54) is 0 Å². The van der Waals surface area contributed by atoms with Gasteiger partial charge in [-0.15, -0.1) is 0 Å². The quantitative estimate of drug-likeness (QED) is 0.620. The molecule has 0 aliphatic carbocycles. The summed E-state index contributed by atoms with van der Waals surface area (Å²) in [5.74, 6) is -2.89. The van der Waals surface area contributed by atoms with Gasteiger partial charge in [0, 0.05) is 13.1 Å². The molecule has 3 rings (SSSR count). The fraction of sp³-hybridized carbons (Fsp3) is 0.400. The number of carboxylic acid groups (broad SMARTS) is 2. The Kier molecular flexibility index (Phi) is 6.10. The van der Waals surface area contributed by atoms with E-state index in [1.54, 1.807) is 4.90 Å². The number of carbonyl (C=O) groups excluding carboxylic acids is 1. The van der Waals surface area contributed by atoms with E-state index in [0.29, 0.717) is 13.2 Å². The van der Waals surface area contributed by atoms with Crippen LogP contribution >= 0.6 is 0 Å². The van der Waals surface area contributed by atoms with E-state index in [1.807, 2.05) is 24.3 Å². The summed E-state index contributed by atoms with van der Waals surface area (Å²) in [6, 6.07) is 7.61. The number of nitrogens with one attached hydrogen (secondary N) is 1. The molecule has 1 unspecified atom stereocenters. The Labute approximate surface area is 137 Å². The van der Waals surface area contributed by atoms with Crippen LogP contribution in [0.5, 0.6) is 5.75 Å². The summed E-state index contributed by atoms with van der Waals surface area (Å²) < 4.78 is 11.1. The van der Waals surface area contributed by atoms with Gasteiger partial charge in [-0.05, 0) is 12.1 Å². The number of nitrogens with zero attached hydrogens (tertiary/aromatic N) is 1. The lowest BCUT2D eigenvalue weighted by Crippen LogP contribution is -2.49. The van der Waals surface area contributed by atoms with E-state index in [-0.39, 0.29) is 18.6 Å². The maximum absolute atomic E-state index is 12.0. The molecule has 1 aromatic carbocycles. The smallest absolute Gasteiger partial charge is 0.414 e. The first-order valence-electron chi connectivity index (χ1n) is 7.29. The Hall–Kier alpha value is -2.65. The molecule has 1 amide bonds. The lowest BCUT2D eigenvalue weighted by molar-refractivity contribution is -0.159. The van der Waals surface area contributed by atoms with E-state index < -0.39 is 11.9 Å². The minimum absolute atomic E-state index is 0.0112. The molecule has 2 aliphatic heterocycles. The van der Waals surface area contributed by atoms with Gasteiger partial charge in [-0.25, -0.2) is 9.59 Å². The lowest BCUT2D eigenvalue weighted by atomic mass is 10.2. The SMILES string of the molecule is O=C(O)C(=O)O.O=C1COc2ccccc2N1CC1CNCCO1. The standard InChI is InChI=1S/C13H16N2O3.C2H2O4/c16-13-9-18-12-4-2-1-3-11(12)15(13)8-10-7-14-5-6-17-10;3-1(4)2(5)6/h1-4,10,14H,5-9H2;(H,3,4)(H,5,6). The van der Waals surface area contributed by atoms with Crippen LogP contribution in [0, 0.1) is 0 Å². The highest BCUT2D eigenvalue weighted by Crippen LogP contribution is 2.31. The van der Waals surface area contributed by atoms with E-state index in [9.17, 15) is 4.79 Å². The zero-order chi connectivity index (χ0) is 17.5. The third-order valence-electron chi connectivity index (χ3n) is 3.38. The highest BCUT2D eigenvalue weighted by molar-refractivity contribution is 6.27. The van der Waals surface area contributed by atoms with Crippen LogP contribution in [-0.4, -0.2) is 67.0 Å². The highest BCUT2D eigenvalue weighted by atomic mass is 16.5. The van der Waals surface area contributed by atoms with Crippen molar-refractivity contribution in [3.05, 3.63) is 24.3 Å². The predicted molar refractivity (Wildman–Crippen MR) is 82.2 cm³/mol. The molecule has 0 spiro atoms. The number of carboxylic acids is 2. The van der Waals surface area contributed by atoms with Crippen molar-refractivity contribution in [3.8, 4) is 5.75 Å². The lowest BCUT2D eigenvalue weighted by Gasteiger charge is -2.33. The Morgan fingerprint density at radius 1 is 1.25 bits per heavy atom. The second-order valence-corrected chi connectivity index (χ2v) is 5.07. The van der Waals surface area contributed by atoms with Gasteiger partial charge in [-0.1, -0.05) is 12.1 Å². The molecule has 0 radical (unpaired) electrons. The maximum Gasteiger partial charge on any atom is 0.414 e. The zero-order valence-corrected chi connectivity index (χ0v) is 12.8. The van der Waals surface area contributed by atoms with E-state index in [4.69, 9.17) is 29.3 Å². The van der Waals surface area contributed by atoms with Gasteiger partial charge in [0.05, 0.1) is 24.9 Å². The number of fused-ring (bicyclic) bond motifs is 1. The molecular weight excluding hydrogens is 320 g/mol. The van der Waals surface area contributed by atoms with Crippen molar-refractivity contribution >= 4 is 23.5 Å². The number of benzene rings is 1. The number of carbonyl (C=O) groups is 3. The summed E-state index contributed by atoms with van der Waals surface area (Å²) in [5, 5.41) is 18.1. The number of aliphatic carboxylic acids is 2. The summed E-state index contributed by atoms with van der Waals surface area (Å²) in [7, 11) is 0. The van der Waals surface area contributed by atoms with Crippen LogP contribution in [0.2, 0.25) is 0 Å². The van der Waals surface area contributed by atoms with Crippen molar-refractivity contribution in [1.82, 2.24) is 5.32 Å². The summed E-state index contributed by atoms with van der Waals surface area (Å²) in [5.41, 5.74) is 0.836. The highest BCUT2D eigenvalue weighted by Gasteiger charge is 2.28. The van der Waals surface area contributed by atoms with Crippen LogP contribution in [0.4, 0.5) is 5.69 Å². The van der Waals surface area contributed by atoms with Crippen LogP contribution in [-0.2, 0) is 19.1 Å². The molecule has 0 aromatic heterocycles. The summed E-state index contributed by atoms with van der Waals surface area (Å²) in [6.45, 7) is 3.05. The zero-order valence-electron chi connectivity index (χ0n) is 12.8. The minimum Gasteiger partial charge on any atom is -0.482 e. The summed E-state index contributed by atoms with van der Waals surface area (Å²) >= 11 is 0. The van der Waals surface area contributed by atoms with Crippen molar-refractivity contribution in [2.45, 2.75) is 6.10 Å². The fourth-order valence-electron chi connectivity index (χ4n) is 2.29. The molecule has 0 saturated carbocycles. The number of ether oxygens (including phenoxy) is 2. The van der Waals surface area contributed by atoms with Crippen LogP contribution in [0.25, 0.3) is 0 Å². The van der Waals surface area contributed by atoms with Gasteiger partial charge >= 0.3 is 11.9 Å². The van der Waals surface area contributed by atoms with Crippen molar-refractivity contribution in [2.24, 2.45) is 0 Å². The molecule has 130 valence electrons. The number of hydrogen-bond acceptors (Lipinski definition) is 6. The topological polar surface area (TPSA) is 125 Å². The van der Waals surface area contributed by atoms with Crippen molar-refractivity contribution in [3.63, 3.8) is 0 Å². The Bertz CT molecular complexity index is 602. The molecule has 24 heavy (non-hydrogen) atoms. The van der Waals surface area contributed by atoms with Gasteiger partial charge in [0.2, 0.25) is 0 Å². The molecule has 9 heteroatoms. The predicted octanol–water partition coefficient (Wildman–Crippen LogP) is -0.444. The molecule has 1 atom stereocenters. The molecule has 1 aromatic rings. The number of rotatable bonds is 2. The van der Waals surface area contributed by atoms with Crippen LogP contribution in [0.1, 0.15) is 0 Å². The first kappa shape index (κ1) is 17.7. The van der Waals surface area contributed by atoms with Gasteiger partial charge in [0.1, 0.15) is 5.75 Å². The van der Waals surface area contributed by atoms with Gasteiger partial charge in [0.15, 0.2) is 6.61 Å². The molecule has 9 nitrogen and oxygen atoms in total. The van der Waals surface area contributed by atoms with Gasteiger partial charge in [-0.2, -0.15) is 0 Å². The maximum atomic E-state index is 12.0. The molecule has 1 saturated heterocycles. The minimum atomic E-state index is -1.82. The third-order valence-corrected chi connectivity index (χ3v) is 3.38. The average Bonchev–Trinajstić information content (AvgIpc) is 2.59. The van der Waals surface area contributed by atoms with Gasteiger partial charge < -0.3 is 29.9 Å². The number of para-hydroxylation sites is 2. The van der Waals surface area contributed by atoms with Crippen LogP contribution in [0.3, 0.4) is 0 Å². The number of hydrogen-bond donors (Lipinski definition) is 3. The second kappa shape index (κ2) is 8.27. The molecule has 2 heterocycles. The molecule has 0 bridgehead atoms. The largest absolute Gasteiger partial charge is 0.482 e. The molecule has 2 aliphatic rings. The van der Waals surface area contributed by atoms with E-state index in [0.717, 1.165) is 24.5 Å². The normalized spacial score (nSPS) is 19.4. The number of morpholine rings is 1. The Morgan fingerprint density at radius 3 is 2.58 bits per heavy atom. The number of amides is 1. The van der Waals surface area contributed by atoms with E-state index >= 15 is 0 Å². The van der Waals surface area contributed by atoms with Crippen molar-refractivity contribution in [1.29, 1.82) is 0 Å². The van der Waals surface area contributed by atoms with Crippen molar-refractivity contribution < 1.29 is 34.1 Å². The van der Waals surface area contributed by atoms with Gasteiger partial charge in [-0.3, -0.25) is 4.79 Å².